The number of hydrogen-bond donors (Lipinski definition) is 1. The van der Waals surface area contributed by atoms with Gasteiger partial charge in [-0.1, -0.05) is 57.5 Å². The van der Waals surface area contributed by atoms with Crippen molar-refractivity contribution in [3.63, 3.8) is 0 Å². The Morgan fingerprint density at radius 1 is 0.975 bits per heavy atom. The zero-order chi connectivity index (χ0) is 29.2. The van der Waals surface area contributed by atoms with Crippen molar-refractivity contribution < 1.29 is 18.7 Å². The van der Waals surface area contributed by atoms with E-state index in [0.29, 0.717) is 6.54 Å². The predicted octanol–water partition coefficient (Wildman–Crippen LogP) is 7.82. The number of nitrogens with zero attached hydrogens (tertiary/aromatic N) is 2. The molecule has 2 aromatic carbocycles. The Labute approximate surface area is 238 Å². The minimum atomic E-state index is -0.819. The van der Waals surface area contributed by atoms with E-state index in [1.54, 1.807) is 6.07 Å². The summed E-state index contributed by atoms with van der Waals surface area (Å²) in [5.74, 6) is -2.31. The smallest absolute Gasteiger partial charge is 0.307 e. The molecule has 0 unspecified atom stereocenters. The first-order chi connectivity index (χ1) is 18.8. The molecule has 4 nitrogen and oxygen atoms in total. The number of carboxylic acids is 1. The number of benzene rings is 2. The topological polar surface area (TPSA) is 43.8 Å². The highest BCUT2D eigenvalue weighted by molar-refractivity contribution is 5.83. The molecule has 216 valence electrons. The van der Waals surface area contributed by atoms with E-state index in [2.05, 4.69) is 69.5 Å². The van der Waals surface area contributed by atoms with Crippen molar-refractivity contribution >= 4 is 11.5 Å². The maximum absolute atomic E-state index is 13.7. The SMILES string of the molecule is CC(C)=C(/C(=C(/CC(=O)O)C(C)C)N1CCC(C)(C)CC1)c1ccc2c(c1)CCN(Cc1ccc(F)c(F)c1)C2. The van der Waals surface area contributed by atoms with Crippen LogP contribution in [0.5, 0.6) is 0 Å². The number of piperidine rings is 1. The fraction of sp³-hybridized carbons (Fsp3) is 0.500. The average molecular weight is 551 g/mol. The van der Waals surface area contributed by atoms with Gasteiger partial charge in [-0.05, 0) is 84.4 Å². The molecule has 0 bridgehead atoms. The Balaban J connectivity index is 1.68. The molecule has 6 heteroatoms. The van der Waals surface area contributed by atoms with E-state index >= 15 is 0 Å². The standard InChI is InChI=1S/C34H44F2N2O2/c1-22(2)28(19-31(39)40)33(38-15-12-34(5,6)13-16-38)32(23(3)4)26-8-9-27-21-37(14-11-25(27)18-26)20-24-7-10-29(35)30(36)17-24/h7-10,17-18,22H,11-16,19-21H2,1-6H3,(H,39,40)/b33-28+. The molecule has 40 heavy (non-hydrogen) atoms. The zero-order valence-corrected chi connectivity index (χ0v) is 24.9. The van der Waals surface area contributed by atoms with E-state index in [-0.39, 0.29) is 17.8 Å². The molecule has 2 aliphatic rings. The van der Waals surface area contributed by atoms with Crippen molar-refractivity contribution in [2.45, 2.75) is 80.3 Å². The lowest BCUT2D eigenvalue weighted by Gasteiger charge is -2.42. The Bertz CT molecular complexity index is 1310. The number of allylic oxidation sites excluding steroid dienone is 2. The van der Waals surface area contributed by atoms with Gasteiger partial charge in [-0.15, -0.1) is 0 Å². The third kappa shape index (κ3) is 7.01. The van der Waals surface area contributed by atoms with Crippen molar-refractivity contribution in [2.24, 2.45) is 11.3 Å². The molecule has 4 rings (SSSR count). The number of rotatable bonds is 8. The zero-order valence-electron chi connectivity index (χ0n) is 24.9. The van der Waals surface area contributed by atoms with Crippen LogP contribution in [0, 0.1) is 23.0 Å². The van der Waals surface area contributed by atoms with Crippen molar-refractivity contribution in [3.8, 4) is 0 Å². The minimum Gasteiger partial charge on any atom is -0.481 e. The summed E-state index contributed by atoms with van der Waals surface area (Å²) in [4.78, 5) is 16.7. The van der Waals surface area contributed by atoms with Crippen LogP contribution >= 0.6 is 0 Å². The van der Waals surface area contributed by atoms with Gasteiger partial charge in [0.1, 0.15) is 0 Å². The van der Waals surface area contributed by atoms with Gasteiger partial charge >= 0.3 is 5.97 Å². The summed E-state index contributed by atoms with van der Waals surface area (Å²) in [5.41, 5.74) is 9.14. The second-order valence-corrected chi connectivity index (χ2v) is 12.8. The van der Waals surface area contributed by atoms with Crippen LogP contribution in [0.4, 0.5) is 8.78 Å². The van der Waals surface area contributed by atoms with Crippen LogP contribution in [-0.4, -0.2) is 40.5 Å². The van der Waals surface area contributed by atoms with Gasteiger partial charge in [0.25, 0.3) is 0 Å². The first-order valence-electron chi connectivity index (χ1n) is 14.5. The first-order valence-corrected chi connectivity index (χ1v) is 14.5. The van der Waals surface area contributed by atoms with E-state index in [1.165, 1.54) is 28.8 Å². The quantitative estimate of drug-likeness (QED) is 0.340. The van der Waals surface area contributed by atoms with Crippen LogP contribution in [0.15, 0.2) is 53.2 Å². The molecule has 0 amide bonds. The summed E-state index contributed by atoms with van der Waals surface area (Å²) in [7, 11) is 0. The lowest BCUT2D eigenvalue weighted by molar-refractivity contribution is -0.136. The molecule has 2 aliphatic heterocycles. The molecule has 1 fully saturated rings. The van der Waals surface area contributed by atoms with E-state index < -0.39 is 17.6 Å². The monoisotopic (exact) mass is 550 g/mol. The molecule has 0 radical (unpaired) electrons. The summed E-state index contributed by atoms with van der Waals surface area (Å²) in [6, 6.07) is 10.8. The van der Waals surface area contributed by atoms with Crippen molar-refractivity contribution in [3.05, 3.63) is 87.1 Å². The number of carboxylic acid groups (broad SMARTS) is 1. The van der Waals surface area contributed by atoms with Crippen molar-refractivity contribution in [1.82, 2.24) is 9.80 Å². The number of carbonyl (C=O) groups is 1. The van der Waals surface area contributed by atoms with Gasteiger partial charge < -0.3 is 10.0 Å². The van der Waals surface area contributed by atoms with Gasteiger partial charge in [0, 0.05) is 44.0 Å². The molecule has 0 saturated carbocycles. The van der Waals surface area contributed by atoms with Crippen molar-refractivity contribution in [2.75, 3.05) is 19.6 Å². The lowest BCUT2D eigenvalue weighted by atomic mass is 9.80. The lowest BCUT2D eigenvalue weighted by Crippen LogP contribution is -2.38. The fourth-order valence-electron chi connectivity index (χ4n) is 6.04. The fourth-order valence-corrected chi connectivity index (χ4v) is 6.04. The molecule has 0 spiro atoms. The van der Waals surface area contributed by atoms with Crippen LogP contribution < -0.4 is 0 Å². The predicted molar refractivity (Wildman–Crippen MR) is 158 cm³/mol. The molecule has 1 N–H and O–H groups in total. The first kappa shape index (κ1) is 30.0. The van der Waals surface area contributed by atoms with Crippen LogP contribution in [0.3, 0.4) is 0 Å². The normalized spacial score (nSPS) is 17.9. The summed E-state index contributed by atoms with van der Waals surface area (Å²) in [5, 5.41) is 9.86. The average Bonchev–Trinajstić information content (AvgIpc) is 2.88. The number of hydrogen-bond acceptors (Lipinski definition) is 3. The molecule has 1 saturated heterocycles. The van der Waals surface area contributed by atoms with Gasteiger partial charge in [-0.3, -0.25) is 9.69 Å². The number of likely N-dealkylation sites (tertiary alicyclic amines) is 1. The van der Waals surface area contributed by atoms with Crippen LogP contribution in [0.2, 0.25) is 0 Å². The van der Waals surface area contributed by atoms with Gasteiger partial charge in [0.2, 0.25) is 0 Å². The molecular weight excluding hydrogens is 506 g/mol. The Hall–Kier alpha value is -2.99. The highest BCUT2D eigenvalue weighted by Crippen LogP contribution is 2.40. The summed E-state index contributed by atoms with van der Waals surface area (Å²) >= 11 is 0. The van der Waals surface area contributed by atoms with Crippen molar-refractivity contribution in [1.29, 1.82) is 0 Å². The third-order valence-electron chi connectivity index (χ3n) is 8.49. The van der Waals surface area contributed by atoms with Gasteiger partial charge in [-0.2, -0.15) is 0 Å². The van der Waals surface area contributed by atoms with Gasteiger partial charge in [0.15, 0.2) is 11.6 Å². The van der Waals surface area contributed by atoms with Gasteiger partial charge in [-0.25, -0.2) is 8.78 Å². The highest BCUT2D eigenvalue weighted by atomic mass is 19.2. The molecule has 2 aromatic rings. The molecular formula is C34H44F2N2O2. The van der Waals surface area contributed by atoms with E-state index in [9.17, 15) is 18.7 Å². The molecule has 2 heterocycles. The number of halogens is 2. The van der Waals surface area contributed by atoms with E-state index in [4.69, 9.17) is 0 Å². The molecule has 0 aliphatic carbocycles. The maximum atomic E-state index is 13.7. The molecule has 0 aromatic heterocycles. The number of aliphatic carboxylic acids is 1. The van der Waals surface area contributed by atoms with Crippen LogP contribution in [0.1, 0.15) is 83.1 Å². The maximum Gasteiger partial charge on any atom is 0.307 e. The van der Waals surface area contributed by atoms with E-state index in [0.717, 1.165) is 73.4 Å². The largest absolute Gasteiger partial charge is 0.481 e. The summed E-state index contributed by atoms with van der Waals surface area (Å²) < 4.78 is 27.1. The minimum absolute atomic E-state index is 0.0353. The number of fused-ring (bicyclic) bond motifs is 1. The molecule has 0 atom stereocenters. The van der Waals surface area contributed by atoms with Gasteiger partial charge in [0.05, 0.1) is 6.42 Å². The Morgan fingerprint density at radius 3 is 2.27 bits per heavy atom. The van der Waals surface area contributed by atoms with Crippen LogP contribution in [0.25, 0.3) is 5.57 Å². The Kier molecular flexibility index (Phi) is 9.19. The van der Waals surface area contributed by atoms with E-state index in [1.807, 2.05) is 0 Å². The van der Waals surface area contributed by atoms with Crippen LogP contribution in [-0.2, 0) is 24.3 Å². The summed E-state index contributed by atoms with van der Waals surface area (Å²) in [6.45, 7) is 17.1. The highest BCUT2D eigenvalue weighted by Gasteiger charge is 2.31. The second-order valence-electron chi connectivity index (χ2n) is 12.8. The Morgan fingerprint density at radius 2 is 1.68 bits per heavy atom. The second kappa shape index (κ2) is 12.3. The third-order valence-corrected chi connectivity index (χ3v) is 8.49. The summed E-state index contributed by atoms with van der Waals surface area (Å²) in [6.07, 6.45) is 3.05.